The van der Waals surface area contributed by atoms with Crippen LogP contribution < -0.4 is 14.4 Å². The van der Waals surface area contributed by atoms with Gasteiger partial charge in [-0.15, -0.1) is 0 Å². The molecule has 2 heterocycles. The van der Waals surface area contributed by atoms with Gasteiger partial charge in [0, 0.05) is 18.7 Å². The number of aliphatic hydroxyl groups excluding tert-OH is 1. The van der Waals surface area contributed by atoms with Gasteiger partial charge in [-0.3, -0.25) is 9.69 Å². The number of ether oxygens (including phenoxy) is 2. The van der Waals surface area contributed by atoms with Gasteiger partial charge in [-0.1, -0.05) is 18.2 Å². The Morgan fingerprint density at radius 1 is 1.04 bits per heavy atom. The summed E-state index contributed by atoms with van der Waals surface area (Å²) >= 11 is 0. The van der Waals surface area contributed by atoms with E-state index in [1.54, 1.807) is 4.90 Å². The molecule has 0 fully saturated rings. The standard InChI is InChI=1S/C20H22N2O4/c23-14-15-5-6-18-16(11-15)12-21(7-9-25-18)13-20(24)22-8-10-26-19-4-2-1-3-17(19)22/h1-6,11,23H,7-10,12-14H2. The average Bonchev–Trinajstić information content (AvgIpc) is 2.88. The van der Waals surface area contributed by atoms with E-state index < -0.39 is 0 Å². The number of aliphatic hydroxyl groups is 1. The molecule has 6 nitrogen and oxygen atoms in total. The van der Waals surface area contributed by atoms with Crippen molar-refractivity contribution in [1.29, 1.82) is 0 Å². The highest BCUT2D eigenvalue weighted by Crippen LogP contribution is 2.31. The van der Waals surface area contributed by atoms with Gasteiger partial charge in [0.2, 0.25) is 5.91 Å². The Kier molecular flexibility index (Phi) is 4.77. The van der Waals surface area contributed by atoms with E-state index in [1.165, 1.54) is 0 Å². The van der Waals surface area contributed by atoms with Gasteiger partial charge in [-0.2, -0.15) is 0 Å². The minimum Gasteiger partial charge on any atom is -0.492 e. The second kappa shape index (κ2) is 7.35. The van der Waals surface area contributed by atoms with E-state index in [4.69, 9.17) is 9.47 Å². The number of fused-ring (bicyclic) bond motifs is 2. The molecule has 0 atom stereocenters. The van der Waals surface area contributed by atoms with Crippen LogP contribution in [0.3, 0.4) is 0 Å². The molecular weight excluding hydrogens is 332 g/mol. The smallest absolute Gasteiger partial charge is 0.241 e. The Morgan fingerprint density at radius 2 is 1.85 bits per heavy atom. The predicted octanol–water partition coefficient (Wildman–Crippen LogP) is 1.80. The second-order valence-corrected chi connectivity index (χ2v) is 6.52. The van der Waals surface area contributed by atoms with Crippen LogP contribution in [0.15, 0.2) is 42.5 Å². The molecule has 0 saturated carbocycles. The molecule has 2 aromatic rings. The number of nitrogens with zero attached hydrogens (tertiary/aromatic N) is 2. The molecule has 6 heteroatoms. The number of para-hydroxylation sites is 2. The number of carbonyl (C=O) groups excluding carboxylic acids is 1. The zero-order chi connectivity index (χ0) is 17.9. The Balaban J connectivity index is 1.49. The first-order valence-electron chi connectivity index (χ1n) is 8.84. The Morgan fingerprint density at radius 3 is 2.73 bits per heavy atom. The third kappa shape index (κ3) is 3.38. The van der Waals surface area contributed by atoms with Crippen molar-refractivity contribution in [2.24, 2.45) is 0 Å². The first-order chi connectivity index (χ1) is 12.7. The van der Waals surface area contributed by atoms with E-state index in [2.05, 4.69) is 4.90 Å². The van der Waals surface area contributed by atoms with E-state index in [0.29, 0.717) is 39.4 Å². The molecule has 0 aromatic heterocycles. The number of rotatable bonds is 3. The molecule has 26 heavy (non-hydrogen) atoms. The maximum absolute atomic E-state index is 12.9. The number of hydrogen-bond donors (Lipinski definition) is 1. The molecule has 1 N–H and O–H groups in total. The maximum atomic E-state index is 12.9. The van der Waals surface area contributed by atoms with Crippen molar-refractivity contribution in [3.05, 3.63) is 53.6 Å². The quantitative estimate of drug-likeness (QED) is 0.911. The van der Waals surface area contributed by atoms with Crippen molar-refractivity contribution in [2.45, 2.75) is 13.2 Å². The third-order valence-corrected chi connectivity index (χ3v) is 4.75. The van der Waals surface area contributed by atoms with Crippen molar-refractivity contribution in [3.8, 4) is 11.5 Å². The first kappa shape index (κ1) is 16.9. The number of benzene rings is 2. The molecule has 1 amide bonds. The highest BCUT2D eigenvalue weighted by molar-refractivity contribution is 5.96. The number of carbonyl (C=O) groups is 1. The summed E-state index contributed by atoms with van der Waals surface area (Å²) in [6.45, 7) is 3.23. The third-order valence-electron chi connectivity index (χ3n) is 4.75. The molecular formula is C20H22N2O4. The summed E-state index contributed by atoms with van der Waals surface area (Å²) in [5.74, 6) is 1.64. The fourth-order valence-electron chi connectivity index (χ4n) is 3.44. The molecule has 2 aromatic carbocycles. The van der Waals surface area contributed by atoms with Crippen LogP contribution in [0.2, 0.25) is 0 Å². The highest BCUT2D eigenvalue weighted by Gasteiger charge is 2.26. The van der Waals surface area contributed by atoms with Crippen molar-refractivity contribution in [1.82, 2.24) is 4.90 Å². The molecule has 0 saturated heterocycles. The zero-order valence-electron chi connectivity index (χ0n) is 14.6. The minimum absolute atomic E-state index is 0.00320. The van der Waals surface area contributed by atoms with Crippen LogP contribution in [0.1, 0.15) is 11.1 Å². The SMILES string of the molecule is O=C(CN1CCOc2ccc(CO)cc2C1)N1CCOc2ccccc21. The molecule has 2 aliphatic rings. The molecule has 0 spiro atoms. The van der Waals surface area contributed by atoms with Crippen LogP contribution in [0, 0.1) is 0 Å². The maximum Gasteiger partial charge on any atom is 0.241 e. The predicted molar refractivity (Wildman–Crippen MR) is 97.4 cm³/mol. The van der Waals surface area contributed by atoms with Gasteiger partial charge in [-0.25, -0.2) is 0 Å². The Bertz CT molecular complexity index is 808. The Hall–Kier alpha value is -2.57. The second-order valence-electron chi connectivity index (χ2n) is 6.52. The lowest BCUT2D eigenvalue weighted by Crippen LogP contribution is -2.44. The topological polar surface area (TPSA) is 62.2 Å². The molecule has 2 aliphatic heterocycles. The van der Waals surface area contributed by atoms with Gasteiger partial charge in [-0.05, 0) is 29.8 Å². The summed E-state index contributed by atoms with van der Waals surface area (Å²) in [4.78, 5) is 16.8. The Labute approximate surface area is 152 Å². The molecule has 4 rings (SSSR count). The van der Waals surface area contributed by atoms with Crippen LogP contribution in [0.25, 0.3) is 0 Å². The van der Waals surface area contributed by atoms with E-state index in [-0.39, 0.29) is 12.5 Å². The number of hydrogen-bond acceptors (Lipinski definition) is 5. The van der Waals surface area contributed by atoms with Crippen molar-refractivity contribution in [2.75, 3.05) is 37.7 Å². The lowest BCUT2D eigenvalue weighted by atomic mass is 10.1. The van der Waals surface area contributed by atoms with E-state index >= 15 is 0 Å². The number of amides is 1. The van der Waals surface area contributed by atoms with Gasteiger partial charge < -0.3 is 19.5 Å². The average molecular weight is 354 g/mol. The minimum atomic E-state index is -0.00320. The van der Waals surface area contributed by atoms with Gasteiger partial charge >= 0.3 is 0 Å². The number of anilines is 1. The van der Waals surface area contributed by atoms with Crippen LogP contribution in [-0.2, 0) is 17.9 Å². The van der Waals surface area contributed by atoms with Crippen molar-refractivity contribution >= 4 is 11.6 Å². The summed E-state index contributed by atoms with van der Waals surface area (Å²) in [7, 11) is 0. The van der Waals surface area contributed by atoms with Gasteiger partial charge in [0.25, 0.3) is 0 Å². The molecule has 0 bridgehead atoms. The lowest BCUT2D eigenvalue weighted by molar-refractivity contribution is -0.120. The molecule has 136 valence electrons. The van der Waals surface area contributed by atoms with Gasteiger partial charge in [0.05, 0.1) is 25.4 Å². The van der Waals surface area contributed by atoms with Crippen LogP contribution >= 0.6 is 0 Å². The molecule has 0 aliphatic carbocycles. The van der Waals surface area contributed by atoms with E-state index in [1.807, 2.05) is 42.5 Å². The monoisotopic (exact) mass is 354 g/mol. The first-order valence-corrected chi connectivity index (χ1v) is 8.84. The van der Waals surface area contributed by atoms with Gasteiger partial charge in [0.15, 0.2) is 0 Å². The summed E-state index contributed by atoms with van der Waals surface area (Å²) in [6.07, 6.45) is 0. The molecule has 0 radical (unpaired) electrons. The van der Waals surface area contributed by atoms with Crippen molar-refractivity contribution in [3.63, 3.8) is 0 Å². The fraction of sp³-hybridized carbons (Fsp3) is 0.350. The van der Waals surface area contributed by atoms with E-state index in [9.17, 15) is 9.90 Å². The van der Waals surface area contributed by atoms with E-state index in [0.717, 1.165) is 28.3 Å². The summed E-state index contributed by atoms with van der Waals surface area (Å²) in [5.41, 5.74) is 2.68. The molecule has 0 unspecified atom stereocenters. The lowest BCUT2D eigenvalue weighted by Gasteiger charge is -2.31. The highest BCUT2D eigenvalue weighted by atomic mass is 16.5. The summed E-state index contributed by atoms with van der Waals surface area (Å²) in [5, 5.41) is 9.36. The summed E-state index contributed by atoms with van der Waals surface area (Å²) < 4.78 is 11.4. The zero-order valence-corrected chi connectivity index (χ0v) is 14.6. The van der Waals surface area contributed by atoms with Crippen LogP contribution in [0.5, 0.6) is 11.5 Å². The normalized spacial score (nSPS) is 16.7. The van der Waals surface area contributed by atoms with Crippen LogP contribution in [0.4, 0.5) is 5.69 Å². The van der Waals surface area contributed by atoms with Crippen LogP contribution in [-0.4, -0.2) is 48.8 Å². The summed E-state index contributed by atoms with van der Waals surface area (Å²) in [6, 6.07) is 13.3. The fourth-order valence-corrected chi connectivity index (χ4v) is 3.44. The van der Waals surface area contributed by atoms with Gasteiger partial charge in [0.1, 0.15) is 24.7 Å². The van der Waals surface area contributed by atoms with Crippen molar-refractivity contribution < 1.29 is 19.4 Å². The largest absolute Gasteiger partial charge is 0.492 e.